The van der Waals surface area contributed by atoms with Gasteiger partial charge in [0.15, 0.2) is 0 Å². The van der Waals surface area contributed by atoms with Gasteiger partial charge in [-0.15, -0.1) is 0 Å². The number of methoxy groups -OCH3 is 2. The summed E-state index contributed by atoms with van der Waals surface area (Å²) in [6.07, 6.45) is 0. The van der Waals surface area contributed by atoms with E-state index in [0.717, 1.165) is 31.9 Å². The second-order valence-corrected chi connectivity index (χ2v) is 5.30. The fourth-order valence-electron chi connectivity index (χ4n) is 2.51. The summed E-state index contributed by atoms with van der Waals surface area (Å²) in [6.45, 7) is 5.22. The van der Waals surface area contributed by atoms with Crippen molar-refractivity contribution in [2.45, 2.75) is 0 Å². The highest BCUT2D eigenvalue weighted by molar-refractivity contribution is 5.78. The molecule has 1 aromatic rings. The Morgan fingerprint density at radius 3 is 2.41 bits per heavy atom. The molecule has 1 fully saturated rings. The van der Waals surface area contributed by atoms with Gasteiger partial charge in [-0.25, -0.2) is 0 Å². The lowest BCUT2D eigenvalue weighted by Crippen LogP contribution is -2.49. The van der Waals surface area contributed by atoms with Crippen LogP contribution in [-0.2, 0) is 9.53 Å². The quantitative estimate of drug-likeness (QED) is 0.747. The molecule has 0 atom stereocenters. The Morgan fingerprint density at radius 1 is 1.14 bits per heavy atom. The zero-order chi connectivity index (χ0) is 15.8. The van der Waals surface area contributed by atoms with E-state index in [9.17, 15) is 4.79 Å². The van der Waals surface area contributed by atoms with Crippen LogP contribution < -0.4 is 15.0 Å². The van der Waals surface area contributed by atoms with E-state index >= 15 is 0 Å². The van der Waals surface area contributed by atoms with Crippen molar-refractivity contribution in [2.75, 3.05) is 65.0 Å². The van der Waals surface area contributed by atoms with Gasteiger partial charge in [0.25, 0.3) is 0 Å². The van der Waals surface area contributed by atoms with Gasteiger partial charge >= 0.3 is 0 Å². The Labute approximate surface area is 132 Å². The maximum Gasteiger partial charge on any atom is 0.234 e. The SMILES string of the molecule is COCCNC(=O)CN1CCN(c2ccc(OC)cc2)CC1. The number of amides is 1. The second-order valence-electron chi connectivity index (χ2n) is 5.30. The molecular weight excluding hydrogens is 282 g/mol. The van der Waals surface area contributed by atoms with E-state index in [1.165, 1.54) is 5.69 Å². The molecule has 2 rings (SSSR count). The monoisotopic (exact) mass is 307 g/mol. The molecule has 22 heavy (non-hydrogen) atoms. The van der Waals surface area contributed by atoms with Gasteiger partial charge in [0, 0.05) is 45.5 Å². The summed E-state index contributed by atoms with van der Waals surface area (Å²) >= 11 is 0. The highest BCUT2D eigenvalue weighted by Crippen LogP contribution is 2.20. The van der Waals surface area contributed by atoms with Gasteiger partial charge in [0.2, 0.25) is 5.91 Å². The molecule has 0 spiro atoms. The third-order valence-corrected chi connectivity index (χ3v) is 3.81. The molecule has 0 unspecified atom stereocenters. The van der Waals surface area contributed by atoms with Crippen LogP contribution in [0.1, 0.15) is 0 Å². The van der Waals surface area contributed by atoms with Crippen molar-refractivity contribution in [1.82, 2.24) is 10.2 Å². The Hall–Kier alpha value is -1.79. The van der Waals surface area contributed by atoms with E-state index < -0.39 is 0 Å². The molecule has 0 radical (unpaired) electrons. The number of anilines is 1. The van der Waals surface area contributed by atoms with Gasteiger partial charge in [-0.05, 0) is 24.3 Å². The number of hydrogen-bond acceptors (Lipinski definition) is 5. The van der Waals surface area contributed by atoms with Gasteiger partial charge in [0.1, 0.15) is 5.75 Å². The van der Waals surface area contributed by atoms with Crippen molar-refractivity contribution in [2.24, 2.45) is 0 Å². The van der Waals surface area contributed by atoms with Crippen LogP contribution in [0.25, 0.3) is 0 Å². The van der Waals surface area contributed by atoms with E-state index in [-0.39, 0.29) is 5.91 Å². The predicted molar refractivity (Wildman–Crippen MR) is 86.5 cm³/mol. The summed E-state index contributed by atoms with van der Waals surface area (Å²) in [4.78, 5) is 16.3. The minimum Gasteiger partial charge on any atom is -0.497 e. The smallest absolute Gasteiger partial charge is 0.234 e. The fourth-order valence-corrected chi connectivity index (χ4v) is 2.51. The summed E-state index contributed by atoms with van der Waals surface area (Å²) < 4.78 is 10.1. The third kappa shape index (κ3) is 4.89. The molecule has 6 heteroatoms. The largest absolute Gasteiger partial charge is 0.497 e. The maximum absolute atomic E-state index is 11.8. The van der Waals surface area contributed by atoms with Crippen LogP contribution in [0, 0.1) is 0 Å². The lowest BCUT2D eigenvalue weighted by molar-refractivity contribution is -0.122. The molecule has 0 aromatic heterocycles. The molecule has 1 N–H and O–H groups in total. The number of piperazine rings is 1. The fraction of sp³-hybridized carbons (Fsp3) is 0.562. The highest BCUT2D eigenvalue weighted by atomic mass is 16.5. The number of hydrogen-bond donors (Lipinski definition) is 1. The van der Waals surface area contributed by atoms with Gasteiger partial charge in [-0.1, -0.05) is 0 Å². The number of carbonyl (C=O) groups is 1. The number of nitrogens with zero attached hydrogens (tertiary/aromatic N) is 2. The minimum atomic E-state index is 0.0648. The van der Waals surface area contributed by atoms with Crippen molar-refractivity contribution in [3.63, 3.8) is 0 Å². The van der Waals surface area contributed by atoms with E-state index in [1.54, 1.807) is 14.2 Å². The summed E-state index contributed by atoms with van der Waals surface area (Å²) in [5.74, 6) is 0.935. The molecule has 1 amide bonds. The molecule has 1 aliphatic rings. The standard InChI is InChI=1S/C16H25N3O3/c1-21-12-7-17-16(20)13-18-8-10-19(11-9-18)14-3-5-15(22-2)6-4-14/h3-6H,7-13H2,1-2H3,(H,17,20). The molecule has 122 valence electrons. The predicted octanol–water partition coefficient (Wildman–Crippen LogP) is 0.580. The second kappa shape index (κ2) is 8.60. The summed E-state index contributed by atoms with van der Waals surface area (Å²) in [6, 6.07) is 8.10. The van der Waals surface area contributed by atoms with Crippen molar-refractivity contribution < 1.29 is 14.3 Å². The molecule has 1 saturated heterocycles. The molecule has 0 bridgehead atoms. The van der Waals surface area contributed by atoms with Crippen molar-refractivity contribution in [3.05, 3.63) is 24.3 Å². The van der Waals surface area contributed by atoms with E-state index in [0.29, 0.717) is 19.7 Å². The van der Waals surface area contributed by atoms with Gasteiger partial charge < -0.3 is 19.7 Å². The average Bonchev–Trinajstić information content (AvgIpc) is 2.56. The van der Waals surface area contributed by atoms with Gasteiger partial charge in [-0.3, -0.25) is 9.69 Å². The van der Waals surface area contributed by atoms with Crippen LogP contribution in [-0.4, -0.2) is 70.9 Å². The van der Waals surface area contributed by atoms with E-state index in [2.05, 4.69) is 27.2 Å². The number of rotatable bonds is 7. The molecule has 0 aliphatic carbocycles. The Morgan fingerprint density at radius 2 is 1.82 bits per heavy atom. The zero-order valence-corrected chi connectivity index (χ0v) is 13.4. The van der Waals surface area contributed by atoms with Crippen LogP contribution in [0.2, 0.25) is 0 Å². The molecule has 6 nitrogen and oxygen atoms in total. The lowest BCUT2D eigenvalue weighted by Gasteiger charge is -2.35. The first kappa shape index (κ1) is 16.6. The third-order valence-electron chi connectivity index (χ3n) is 3.81. The maximum atomic E-state index is 11.8. The first-order valence-corrected chi connectivity index (χ1v) is 7.60. The number of carbonyl (C=O) groups excluding carboxylic acids is 1. The minimum absolute atomic E-state index is 0.0648. The number of benzene rings is 1. The number of ether oxygens (including phenoxy) is 2. The number of nitrogens with one attached hydrogen (secondary N) is 1. The van der Waals surface area contributed by atoms with Crippen molar-refractivity contribution in [1.29, 1.82) is 0 Å². The van der Waals surface area contributed by atoms with Gasteiger partial charge in [-0.2, -0.15) is 0 Å². The zero-order valence-electron chi connectivity index (χ0n) is 13.4. The molecular formula is C16H25N3O3. The first-order chi connectivity index (χ1) is 10.7. The lowest BCUT2D eigenvalue weighted by atomic mass is 10.2. The van der Waals surface area contributed by atoms with Crippen LogP contribution >= 0.6 is 0 Å². The highest BCUT2D eigenvalue weighted by Gasteiger charge is 2.19. The molecule has 0 saturated carbocycles. The van der Waals surface area contributed by atoms with Crippen molar-refractivity contribution >= 4 is 11.6 Å². The Kier molecular flexibility index (Phi) is 6.48. The van der Waals surface area contributed by atoms with Crippen LogP contribution in [0.3, 0.4) is 0 Å². The normalized spacial score (nSPS) is 15.6. The van der Waals surface area contributed by atoms with Crippen LogP contribution in [0.15, 0.2) is 24.3 Å². The summed E-state index contributed by atoms with van der Waals surface area (Å²) in [7, 11) is 3.30. The van der Waals surface area contributed by atoms with E-state index in [1.807, 2.05) is 12.1 Å². The first-order valence-electron chi connectivity index (χ1n) is 7.60. The Balaban J connectivity index is 1.74. The molecule has 1 aromatic carbocycles. The molecule has 1 aliphatic heterocycles. The topological polar surface area (TPSA) is 54.0 Å². The van der Waals surface area contributed by atoms with Crippen molar-refractivity contribution in [3.8, 4) is 5.75 Å². The van der Waals surface area contributed by atoms with Crippen LogP contribution in [0.4, 0.5) is 5.69 Å². The molecule has 1 heterocycles. The van der Waals surface area contributed by atoms with Gasteiger partial charge in [0.05, 0.1) is 20.3 Å². The summed E-state index contributed by atoms with van der Waals surface area (Å²) in [5, 5.41) is 2.85. The average molecular weight is 307 g/mol. The van der Waals surface area contributed by atoms with E-state index in [4.69, 9.17) is 9.47 Å². The Bertz CT molecular complexity index is 456. The van der Waals surface area contributed by atoms with Crippen LogP contribution in [0.5, 0.6) is 5.75 Å². The summed E-state index contributed by atoms with van der Waals surface area (Å²) in [5.41, 5.74) is 1.20.